The number of guanidine groups is 1. The molecule has 0 aliphatic heterocycles. The first kappa shape index (κ1) is 21.2. The Hall–Kier alpha value is -1.83. The zero-order valence-corrected chi connectivity index (χ0v) is 17.2. The fraction of sp³-hybridized carbons (Fsp3) is 0.316. The average Bonchev–Trinajstić information content (AvgIpc) is 2.59. The van der Waals surface area contributed by atoms with E-state index in [1.807, 2.05) is 37.2 Å². The highest BCUT2D eigenvalue weighted by Gasteiger charge is 2.05. The van der Waals surface area contributed by atoms with Crippen LogP contribution in [0.1, 0.15) is 11.1 Å². The van der Waals surface area contributed by atoms with Crippen molar-refractivity contribution in [2.75, 3.05) is 27.7 Å². The van der Waals surface area contributed by atoms with Crippen LogP contribution in [-0.2, 0) is 13.0 Å². The van der Waals surface area contributed by atoms with Gasteiger partial charge in [0.1, 0.15) is 0 Å². The molecule has 0 heterocycles. The van der Waals surface area contributed by atoms with Crippen LogP contribution >= 0.6 is 24.0 Å². The third-order valence-corrected chi connectivity index (χ3v) is 3.59. The van der Waals surface area contributed by atoms with E-state index >= 15 is 0 Å². The van der Waals surface area contributed by atoms with E-state index in [2.05, 4.69) is 22.4 Å². The van der Waals surface area contributed by atoms with Crippen molar-refractivity contribution in [2.45, 2.75) is 13.0 Å². The Morgan fingerprint density at radius 2 is 1.84 bits per heavy atom. The predicted octanol–water partition coefficient (Wildman–Crippen LogP) is 3.70. The van der Waals surface area contributed by atoms with Gasteiger partial charge in [0, 0.05) is 20.6 Å². The predicted molar refractivity (Wildman–Crippen MR) is 111 cm³/mol. The number of aliphatic imine (C=N–C) groups is 1. The van der Waals surface area contributed by atoms with Crippen LogP contribution < -0.4 is 10.1 Å². The lowest BCUT2D eigenvalue weighted by atomic mass is 10.1. The number of hydrogen-bond donors (Lipinski definition) is 1. The molecule has 6 heteroatoms. The lowest BCUT2D eigenvalue weighted by Crippen LogP contribution is -2.37. The first-order valence-electron chi connectivity index (χ1n) is 7.92. The Labute approximate surface area is 166 Å². The molecule has 4 nitrogen and oxygen atoms in total. The standard InChI is InChI=1S/C19H24FN3O.HI/c1-23(2)19(22-14-16-7-5-4-6-8-16)21-12-11-15-9-10-17(20)18(13-15)24-3;/h4-10,13H,11-12,14H2,1-3H3,(H,21,22);1H. The van der Waals surface area contributed by atoms with E-state index in [0.717, 1.165) is 17.9 Å². The SMILES string of the molecule is COc1cc(CCNC(=NCc2ccccc2)N(C)C)ccc1F.I. The molecule has 0 radical (unpaired) electrons. The van der Waals surface area contributed by atoms with Crippen molar-refractivity contribution in [3.05, 3.63) is 65.5 Å². The number of nitrogens with one attached hydrogen (secondary N) is 1. The third kappa shape index (κ3) is 6.89. The van der Waals surface area contributed by atoms with Crippen LogP contribution in [0.4, 0.5) is 4.39 Å². The third-order valence-electron chi connectivity index (χ3n) is 3.59. The maximum atomic E-state index is 13.4. The van der Waals surface area contributed by atoms with Crippen molar-refractivity contribution in [2.24, 2.45) is 4.99 Å². The summed E-state index contributed by atoms with van der Waals surface area (Å²) in [6.07, 6.45) is 0.759. The van der Waals surface area contributed by atoms with Crippen molar-refractivity contribution in [1.29, 1.82) is 0 Å². The molecule has 0 amide bonds. The van der Waals surface area contributed by atoms with Crippen LogP contribution in [0.2, 0.25) is 0 Å². The molecule has 0 aliphatic carbocycles. The second-order valence-corrected chi connectivity index (χ2v) is 5.67. The molecule has 1 N–H and O–H groups in total. The highest BCUT2D eigenvalue weighted by Crippen LogP contribution is 2.18. The number of benzene rings is 2. The second kappa shape index (κ2) is 10.9. The van der Waals surface area contributed by atoms with Crippen LogP contribution in [-0.4, -0.2) is 38.6 Å². The summed E-state index contributed by atoms with van der Waals surface area (Å²) in [5.74, 6) is 0.763. The Bertz CT molecular complexity index is 678. The summed E-state index contributed by atoms with van der Waals surface area (Å²) in [6, 6.07) is 15.1. The zero-order valence-electron chi connectivity index (χ0n) is 14.8. The van der Waals surface area contributed by atoms with Crippen LogP contribution in [0.15, 0.2) is 53.5 Å². The number of rotatable bonds is 6. The van der Waals surface area contributed by atoms with Crippen LogP contribution in [0, 0.1) is 5.82 Å². The summed E-state index contributed by atoms with van der Waals surface area (Å²) in [4.78, 5) is 6.57. The summed E-state index contributed by atoms with van der Waals surface area (Å²) in [7, 11) is 5.39. The van der Waals surface area contributed by atoms with Gasteiger partial charge in [-0.1, -0.05) is 36.4 Å². The summed E-state index contributed by atoms with van der Waals surface area (Å²) >= 11 is 0. The van der Waals surface area contributed by atoms with Gasteiger partial charge in [-0.2, -0.15) is 0 Å². The molecule has 0 atom stereocenters. The quantitative estimate of drug-likeness (QED) is 0.409. The molecule has 0 fully saturated rings. The summed E-state index contributed by atoms with van der Waals surface area (Å²) in [5, 5.41) is 3.33. The van der Waals surface area contributed by atoms with E-state index in [4.69, 9.17) is 4.74 Å². The molecule has 0 unspecified atom stereocenters. The maximum Gasteiger partial charge on any atom is 0.193 e. The van der Waals surface area contributed by atoms with Crippen molar-refractivity contribution in [1.82, 2.24) is 10.2 Å². The second-order valence-electron chi connectivity index (χ2n) is 5.67. The molecule has 0 saturated heterocycles. The molecule has 0 aliphatic rings. The summed E-state index contributed by atoms with van der Waals surface area (Å²) in [6.45, 7) is 1.34. The van der Waals surface area contributed by atoms with Gasteiger partial charge < -0.3 is 15.0 Å². The smallest absolute Gasteiger partial charge is 0.193 e. The molecule has 0 aromatic heterocycles. The Morgan fingerprint density at radius 1 is 1.12 bits per heavy atom. The van der Waals surface area contributed by atoms with Crippen molar-refractivity contribution in [3.8, 4) is 5.75 Å². The van der Waals surface area contributed by atoms with Gasteiger partial charge in [-0.3, -0.25) is 0 Å². The molecule has 2 aromatic carbocycles. The molecule has 2 rings (SSSR count). The fourth-order valence-electron chi connectivity index (χ4n) is 2.28. The molecule has 0 saturated carbocycles. The van der Waals surface area contributed by atoms with E-state index < -0.39 is 0 Å². The minimum atomic E-state index is -0.340. The van der Waals surface area contributed by atoms with Gasteiger partial charge in [-0.25, -0.2) is 9.38 Å². The van der Waals surface area contributed by atoms with Gasteiger partial charge in [0.2, 0.25) is 0 Å². The minimum absolute atomic E-state index is 0. The molecular formula is C19H25FIN3O. The lowest BCUT2D eigenvalue weighted by molar-refractivity contribution is 0.386. The van der Waals surface area contributed by atoms with Gasteiger partial charge in [0.15, 0.2) is 17.5 Å². The first-order valence-corrected chi connectivity index (χ1v) is 7.92. The number of halogens is 2. The van der Waals surface area contributed by atoms with E-state index in [-0.39, 0.29) is 35.5 Å². The highest BCUT2D eigenvalue weighted by atomic mass is 127. The molecular weight excluding hydrogens is 432 g/mol. The first-order chi connectivity index (χ1) is 11.6. The fourth-order valence-corrected chi connectivity index (χ4v) is 2.28. The van der Waals surface area contributed by atoms with Gasteiger partial charge in [-0.05, 0) is 29.7 Å². The van der Waals surface area contributed by atoms with E-state index in [0.29, 0.717) is 13.1 Å². The van der Waals surface area contributed by atoms with Gasteiger partial charge in [-0.15, -0.1) is 24.0 Å². The molecule has 0 bridgehead atoms. The maximum absolute atomic E-state index is 13.4. The minimum Gasteiger partial charge on any atom is -0.494 e. The summed E-state index contributed by atoms with van der Waals surface area (Å²) < 4.78 is 18.4. The molecule has 0 spiro atoms. The number of nitrogens with zero attached hydrogens (tertiary/aromatic N) is 2. The average molecular weight is 457 g/mol. The summed E-state index contributed by atoms with van der Waals surface area (Å²) in [5.41, 5.74) is 2.18. The normalized spacial score (nSPS) is 10.8. The largest absolute Gasteiger partial charge is 0.494 e. The molecule has 136 valence electrons. The number of methoxy groups -OCH3 is 1. The van der Waals surface area contributed by atoms with Crippen molar-refractivity contribution in [3.63, 3.8) is 0 Å². The number of hydrogen-bond acceptors (Lipinski definition) is 2. The zero-order chi connectivity index (χ0) is 17.4. The number of ether oxygens (including phenoxy) is 1. The Balaban J connectivity index is 0.00000312. The lowest BCUT2D eigenvalue weighted by Gasteiger charge is -2.18. The Kier molecular flexibility index (Phi) is 9.26. The monoisotopic (exact) mass is 457 g/mol. The van der Waals surface area contributed by atoms with E-state index in [1.54, 1.807) is 12.1 Å². The van der Waals surface area contributed by atoms with E-state index in [9.17, 15) is 4.39 Å². The van der Waals surface area contributed by atoms with Crippen molar-refractivity contribution < 1.29 is 9.13 Å². The topological polar surface area (TPSA) is 36.9 Å². The van der Waals surface area contributed by atoms with Gasteiger partial charge >= 0.3 is 0 Å². The highest BCUT2D eigenvalue weighted by molar-refractivity contribution is 14.0. The van der Waals surface area contributed by atoms with Gasteiger partial charge in [0.05, 0.1) is 13.7 Å². The van der Waals surface area contributed by atoms with Crippen molar-refractivity contribution >= 4 is 29.9 Å². The Morgan fingerprint density at radius 3 is 2.48 bits per heavy atom. The molecule has 25 heavy (non-hydrogen) atoms. The van der Waals surface area contributed by atoms with Crippen LogP contribution in [0.5, 0.6) is 5.75 Å². The van der Waals surface area contributed by atoms with Crippen LogP contribution in [0.3, 0.4) is 0 Å². The van der Waals surface area contributed by atoms with E-state index in [1.165, 1.54) is 18.7 Å². The van der Waals surface area contributed by atoms with Gasteiger partial charge in [0.25, 0.3) is 0 Å². The van der Waals surface area contributed by atoms with Crippen LogP contribution in [0.25, 0.3) is 0 Å². The molecule has 2 aromatic rings.